The molecule has 1 atom stereocenters. The minimum atomic E-state index is 0.619. The van der Waals surface area contributed by atoms with Gasteiger partial charge in [0.05, 0.1) is 6.20 Å². The number of nitrogens with zero attached hydrogens (tertiary/aromatic N) is 4. The minimum absolute atomic E-state index is 0.619. The number of anilines is 2. The van der Waals surface area contributed by atoms with Crippen molar-refractivity contribution in [3.05, 3.63) is 18.6 Å². The normalized spacial score (nSPS) is 23.3. The fraction of sp³-hybridized carbons (Fsp3) is 0.600. The van der Waals surface area contributed by atoms with E-state index in [0.717, 1.165) is 23.9 Å². The van der Waals surface area contributed by atoms with Crippen LogP contribution >= 0.6 is 0 Å². The molecule has 1 saturated heterocycles. The third kappa shape index (κ3) is 2.14. The van der Waals surface area contributed by atoms with Crippen LogP contribution in [0.15, 0.2) is 18.6 Å². The largest absolute Gasteiger partial charge is 0.350 e. The lowest BCUT2D eigenvalue weighted by molar-refractivity contribution is 0.429. The van der Waals surface area contributed by atoms with Gasteiger partial charge in [0, 0.05) is 25.0 Å². The van der Waals surface area contributed by atoms with Gasteiger partial charge in [0.1, 0.15) is 0 Å². The van der Waals surface area contributed by atoms with E-state index in [1.165, 1.54) is 38.5 Å². The molecule has 6 nitrogen and oxygen atoms in total. The molecule has 3 N–H and O–H groups in total. The lowest BCUT2D eigenvalue weighted by atomic mass is 9.96. The summed E-state index contributed by atoms with van der Waals surface area (Å²) in [5.41, 5.74) is 3.60. The zero-order chi connectivity index (χ0) is 14.2. The number of hydrogen-bond acceptors (Lipinski definition) is 5. The lowest BCUT2D eigenvalue weighted by Gasteiger charge is -2.30. The third-order valence-corrected chi connectivity index (χ3v) is 5.02. The first-order valence-electron chi connectivity index (χ1n) is 7.94. The highest BCUT2D eigenvalue weighted by atomic mass is 15.3. The van der Waals surface area contributed by atoms with Crippen LogP contribution in [0.2, 0.25) is 0 Å². The molecule has 0 spiro atoms. The van der Waals surface area contributed by atoms with E-state index in [1.807, 2.05) is 23.0 Å². The van der Waals surface area contributed by atoms with Gasteiger partial charge in [-0.25, -0.2) is 15.8 Å². The maximum absolute atomic E-state index is 5.57. The molecule has 0 radical (unpaired) electrons. The smallest absolute Gasteiger partial charge is 0.180 e. The van der Waals surface area contributed by atoms with Crippen molar-refractivity contribution in [3.8, 4) is 0 Å². The first kappa shape index (κ1) is 12.9. The Hall–Kier alpha value is -1.82. The quantitative estimate of drug-likeness (QED) is 0.668. The molecule has 4 rings (SSSR count). The third-order valence-electron chi connectivity index (χ3n) is 5.02. The van der Waals surface area contributed by atoms with Crippen LogP contribution in [0.3, 0.4) is 0 Å². The molecule has 0 amide bonds. The van der Waals surface area contributed by atoms with E-state index in [-0.39, 0.29) is 0 Å². The number of rotatable bonds is 3. The van der Waals surface area contributed by atoms with Crippen LogP contribution in [0.5, 0.6) is 0 Å². The molecule has 2 aromatic rings. The van der Waals surface area contributed by atoms with E-state index in [0.29, 0.717) is 11.9 Å². The molecule has 1 aliphatic carbocycles. The highest BCUT2D eigenvalue weighted by Crippen LogP contribution is 2.38. The molecule has 2 fully saturated rings. The number of hydrazine groups is 1. The Balaban J connectivity index is 1.75. The second-order valence-corrected chi connectivity index (χ2v) is 6.20. The van der Waals surface area contributed by atoms with Gasteiger partial charge in [-0.2, -0.15) is 0 Å². The van der Waals surface area contributed by atoms with Gasteiger partial charge in [-0.15, -0.1) is 0 Å². The molecule has 21 heavy (non-hydrogen) atoms. The second kappa shape index (κ2) is 5.18. The zero-order valence-corrected chi connectivity index (χ0v) is 12.2. The molecule has 2 aromatic heterocycles. The molecule has 0 aromatic carbocycles. The van der Waals surface area contributed by atoms with Gasteiger partial charge in [-0.05, 0) is 31.6 Å². The average Bonchev–Trinajstić information content (AvgIpc) is 3.24. The first-order valence-corrected chi connectivity index (χ1v) is 7.94. The lowest BCUT2D eigenvalue weighted by Crippen LogP contribution is -2.35. The van der Waals surface area contributed by atoms with Crippen molar-refractivity contribution in [2.75, 3.05) is 16.9 Å². The highest BCUT2D eigenvalue weighted by Gasteiger charge is 2.35. The van der Waals surface area contributed by atoms with Gasteiger partial charge >= 0.3 is 0 Å². The molecule has 112 valence electrons. The van der Waals surface area contributed by atoms with Crippen molar-refractivity contribution >= 4 is 17.3 Å². The molecular formula is C15H22N6. The van der Waals surface area contributed by atoms with Gasteiger partial charge < -0.3 is 14.7 Å². The van der Waals surface area contributed by atoms with Crippen molar-refractivity contribution in [2.24, 2.45) is 11.8 Å². The fourth-order valence-corrected chi connectivity index (χ4v) is 4.07. The summed E-state index contributed by atoms with van der Waals surface area (Å²) in [6, 6.07) is 0.619. The van der Waals surface area contributed by atoms with E-state index < -0.39 is 0 Å². The van der Waals surface area contributed by atoms with Crippen molar-refractivity contribution in [1.29, 1.82) is 0 Å². The van der Waals surface area contributed by atoms with Gasteiger partial charge in [0.15, 0.2) is 17.3 Å². The Labute approximate surface area is 124 Å². The van der Waals surface area contributed by atoms with Gasteiger partial charge in [0.2, 0.25) is 0 Å². The van der Waals surface area contributed by atoms with Crippen LogP contribution in [0.1, 0.15) is 38.5 Å². The summed E-state index contributed by atoms with van der Waals surface area (Å²) in [7, 11) is 0. The number of nitrogen functional groups attached to an aromatic ring is 1. The molecule has 1 unspecified atom stereocenters. The molecule has 3 heterocycles. The van der Waals surface area contributed by atoms with Gasteiger partial charge in [-0.1, -0.05) is 12.8 Å². The van der Waals surface area contributed by atoms with E-state index in [2.05, 4.69) is 15.3 Å². The molecular weight excluding hydrogens is 264 g/mol. The summed E-state index contributed by atoms with van der Waals surface area (Å²) in [5.74, 6) is 8.05. The highest BCUT2D eigenvalue weighted by molar-refractivity contribution is 5.67. The summed E-state index contributed by atoms with van der Waals surface area (Å²) >= 11 is 0. The second-order valence-electron chi connectivity index (χ2n) is 6.20. The Morgan fingerprint density at radius 2 is 2.05 bits per heavy atom. The molecule has 6 heteroatoms. The fourth-order valence-electron chi connectivity index (χ4n) is 4.07. The standard InChI is InChI=1S/C15H22N6/c16-19-13-10-20-9-7-17-14(20)15(18-13)21-8-3-6-12(21)11-4-1-2-5-11/h7,9-12,19H,1-6,8,16H2. The van der Waals surface area contributed by atoms with Crippen LogP contribution in [-0.2, 0) is 0 Å². The predicted octanol–water partition coefficient (Wildman–Crippen LogP) is 2.17. The van der Waals surface area contributed by atoms with Crippen molar-refractivity contribution < 1.29 is 0 Å². The number of hydrogen-bond donors (Lipinski definition) is 2. The number of nitrogens with two attached hydrogens (primary N) is 1. The maximum atomic E-state index is 5.57. The van der Waals surface area contributed by atoms with Crippen LogP contribution in [0, 0.1) is 5.92 Å². The predicted molar refractivity (Wildman–Crippen MR) is 83.1 cm³/mol. The van der Waals surface area contributed by atoms with Gasteiger partial charge in [0.25, 0.3) is 0 Å². The SMILES string of the molecule is NNc1cn2ccnc2c(N2CCCC2C2CCCC2)n1. The number of aromatic nitrogens is 3. The van der Waals surface area contributed by atoms with Crippen LogP contribution in [0.4, 0.5) is 11.6 Å². The Morgan fingerprint density at radius 3 is 2.86 bits per heavy atom. The van der Waals surface area contributed by atoms with Crippen molar-refractivity contribution in [3.63, 3.8) is 0 Å². The number of imidazole rings is 1. The summed E-state index contributed by atoms with van der Waals surface area (Å²) in [6.07, 6.45) is 13.7. The maximum Gasteiger partial charge on any atom is 0.180 e. The zero-order valence-electron chi connectivity index (χ0n) is 12.2. The Bertz CT molecular complexity index is 630. The van der Waals surface area contributed by atoms with Crippen LogP contribution in [0.25, 0.3) is 5.65 Å². The summed E-state index contributed by atoms with van der Waals surface area (Å²) < 4.78 is 2.00. The van der Waals surface area contributed by atoms with Crippen molar-refractivity contribution in [2.45, 2.75) is 44.6 Å². The molecule has 1 aliphatic heterocycles. The summed E-state index contributed by atoms with van der Waals surface area (Å²) in [6.45, 7) is 1.07. The Kier molecular flexibility index (Phi) is 3.18. The average molecular weight is 286 g/mol. The minimum Gasteiger partial charge on any atom is -0.350 e. The van der Waals surface area contributed by atoms with E-state index in [1.54, 1.807) is 0 Å². The van der Waals surface area contributed by atoms with Crippen molar-refractivity contribution in [1.82, 2.24) is 14.4 Å². The van der Waals surface area contributed by atoms with Crippen LogP contribution < -0.4 is 16.2 Å². The first-order chi connectivity index (χ1) is 10.4. The van der Waals surface area contributed by atoms with E-state index >= 15 is 0 Å². The number of nitrogens with one attached hydrogen (secondary N) is 1. The summed E-state index contributed by atoms with van der Waals surface area (Å²) in [5, 5.41) is 0. The molecule has 2 aliphatic rings. The molecule has 1 saturated carbocycles. The van der Waals surface area contributed by atoms with E-state index in [4.69, 9.17) is 10.8 Å². The Morgan fingerprint density at radius 1 is 1.19 bits per heavy atom. The monoisotopic (exact) mass is 286 g/mol. The van der Waals surface area contributed by atoms with Crippen LogP contribution in [-0.4, -0.2) is 27.0 Å². The molecule has 0 bridgehead atoms. The van der Waals surface area contributed by atoms with Gasteiger partial charge in [-0.3, -0.25) is 0 Å². The topological polar surface area (TPSA) is 71.5 Å². The number of fused-ring (bicyclic) bond motifs is 1. The summed E-state index contributed by atoms with van der Waals surface area (Å²) in [4.78, 5) is 11.7. The van der Waals surface area contributed by atoms with E-state index in [9.17, 15) is 0 Å².